The highest BCUT2D eigenvalue weighted by molar-refractivity contribution is 6.11. The predicted octanol–water partition coefficient (Wildman–Crippen LogP) is 14.3. The molecular weight excluding hydrogens is 709 g/mol. The fraction of sp³-hybridized carbons (Fsp3) is 0.0370. The molecule has 2 atom stereocenters. The molecule has 0 N–H and O–H groups in total. The van der Waals surface area contributed by atoms with Gasteiger partial charge in [-0.25, -0.2) is 0 Å². The first-order chi connectivity index (χ1) is 28.8. The van der Waals surface area contributed by atoms with Gasteiger partial charge < -0.3 is 18.6 Å². The summed E-state index contributed by atoms with van der Waals surface area (Å²) in [5, 5.41) is 4.70. The fourth-order valence-corrected chi connectivity index (χ4v) is 9.27. The number of ether oxygens (including phenoxy) is 1. The highest BCUT2D eigenvalue weighted by atomic mass is 16.5. The van der Waals surface area contributed by atoms with Crippen LogP contribution in [-0.2, 0) is 0 Å². The van der Waals surface area contributed by atoms with Gasteiger partial charge in [0.15, 0.2) is 5.58 Å². The number of hydrogen-bond donors (Lipinski definition) is 0. The Kier molecular flexibility index (Phi) is 7.32. The molecule has 2 unspecified atom stereocenters. The van der Waals surface area contributed by atoms with Crippen LogP contribution in [0.4, 0.5) is 17.1 Å². The molecule has 58 heavy (non-hydrogen) atoms. The molecule has 0 fully saturated rings. The smallest absolute Gasteiger partial charge is 0.159 e. The summed E-state index contributed by atoms with van der Waals surface area (Å²) in [4.78, 5) is 2.32. The van der Waals surface area contributed by atoms with Crippen LogP contribution < -0.4 is 9.64 Å². The number of furan rings is 1. The van der Waals surface area contributed by atoms with E-state index in [0.29, 0.717) is 0 Å². The lowest BCUT2D eigenvalue weighted by Gasteiger charge is -2.28. The molecule has 0 radical (unpaired) electrons. The van der Waals surface area contributed by atoms with Crippen LogP contribution in [0.3, 0.4) is 0 Å². The van der Waals surface area contributed by atoms with Crippen molar-refractivity contribution < 1.29 is 9.15 Å². The predicted molar refractivity (Wildman–Crippen MR) is 239 cm³/mol. The first-order valence-corrected chi connectivity index (χ1v) is 19.9. The Morgan fingerprint density at radius 2 is 1.21 bits per heavy atom. The van der Waals surface area contributed by atoms with E-state index in [9.17, 15) is 0 Å². The standard InChI is InChI=1S/C54H36N2O2/c1-2-12-38(13-3-1)56-48-20-7-4-14-42(48)43-33-28-37(34-50(43)56)35-24-29-39(30-25-35)55(49-21-11-19-47-45-16-6-9-23-52(45)58-54(47)49)40-31-26-36(27-32-40)41-17-10-18-46-44-15-5-8-22-51(44)57-53(41)46/h1-34,41,53H. The number of rotatable bonds is 6. The molecule has 4 heteroatoms. The van der Waals surface area contributed by atoms with Crippen molar-refractivity contribution in [2.45, 2.75) is 12.0 Å². The van der Waals surface area contributed by atoms with E-state index in [-0.39, 0.29) is 12.0 Å². The molecule has 0 bridgehead atoms. The van der Waals surface area contributed by atoms with Crippen LogP contribution in [0.2, 0.25) is 0 Å². The molecular formula is C54H36N2O2. The van der Waals surface area contributed by atoms with Crippen LogP contribution >= 0.6 is 0 Å². The summed E-state index contributed by atoms with van der Waals surface area (Å²) in [6.07, 6.45) is 6.58. The van der Waals surface area contributed by atoms with Gasteiger partial charge in [-0.3, -0.25) is 0 Å². The topological polar surface area (TPSA) is 30.5 Å². The average molecular weight is 745 g/mol. The van der Waals surface area contributed by atoms with E-state index in [2.05, 4.69) is 198 Å². The number of hydrogen-bond acceptors (Lipinski definition) is 3. The minimum atomic E-state index is -0.0469. The van der Waals surface area contributed by atoms with E-state index in [0.717, 1.165) is 56.0 Å². The molecule has 1 aliphatic heterocycles. The van der Waals surface area contributed by atoms with Gasteiger partial charge in [-0.05, 0) is 83.4 Å². The first kappa shape index (κ1) is 32.7. The van der Waals surface area contributed by atoms with Crippen LogP contribution in [0.5, 0.6) is 5.75 Å². The Morgan fingerprint density at radius 1 is 0.517 bits per heavy atom. The van der Waals surface area contributed by atoms with Gasteiger partial charge in [0.2, 0.25) is 0 Å². The summed E-state index contributed by atoms with van der Waals surface area (Å²) in [6.45, 7) is 0. The quantitative estimate of drug-likeness (QED) is 0.170. The Labute approximate surface area is 335 Å². The number of nitrogens with zero attached hydrogens (tertiary/aromatic N) is 2. The van der Waals surface area contributed by atoms with E-state index >= 15 is 0 Å². The van der Waals surface area contributed by atoms with Crippen LogP contribution in [-0.4, -0.2) is 10.7 Å². The Balaban J connectivity index is 0.955. The van der Waals surface area contributed by atoms with Gasteiger partial charge >= 0.3 is 0 Å². The zero-order valence-electron chi connectivity index (χ0n) is 31.5. The molecule has 0 amide bonds. The maximum Gasteiger partial charge on any atom is 0.159 e. The fourth-order valence-electron chi connectivity index (χ4n) is 9.27. The largest absolute Gasteiger partial charge is 0.484 e. The molecule has 0 spiro atoms. The summed E-state index contributed by atoms with van der Waals surface area (Å²) >= 11 is 0. The van der Waals surface area contributed by atoms with Gasteiger partial charge in [0, 0.05) is 55.7 Å². The summed E-state index contributed by atoms with van der Waals surface area (Å²) in [5.74, 6) is 1.06. The molecule has 1 aliphatic carbocycles. The average Bonchev–Trinajstić information content (AvgIpc) is 3.97. The lowest BCUT2D eigenvalue weighted by atomic mass is 9.84. The van der Waals surface area contributed by atoms with Gasteiger partial charge in [-0.1, -0.05) is 140 Å². The van der Waals surface area contributed by atoms with E-state index in [1.54, 1.807) is 0 Å². The third-order valence-electron chi connectivity index (χ3n) is 12.0. The zero-order valence-corrected chi connectivity index (χ0v) is 31.5. The summed E-state index contributed by atoms with van der Waals surface area (Å²) < 4.78 is 15.6. The Hall–Kier alpha value is -7.56. The molecule has 10 aromatic rings. The second-order valence-electron chi connectivity index (χ2n) is 15.2. The molecule has 2 aromatic heterocycles. The van der Waals surface area contributed by atoms with Crippen molar-refractivity contribution in [1.82, 2.24) is 4.57 Å². The Bertz CT molecular complexity index is 3260. The second-order valence-corrected chi connectivity index (χ2v) is 15.2. The van der Waals surface area contributed by atoms with Crippen molar-refractivity contribution >= 4 is 66.4 Å². The van der Waals surface area contributed by atoms with Crippen molar-refractivity contribution in [2.24, 2.45) is 0 Å². The molecule has 0 saturated heterocycles. The number of aromatic nitrogens is 1. The van der Waals surface area contributed by atoms with Crippen molar-refractivity contribution in [3.63, 3.8) is 0 Å². The van der Waals surface area contributed by atoms with E-state index in [4.69, 9.17) is 9.15 Å². The van der Waals surface area contributed by atoms with Crippen LogP contribution in [0.25, 0.3) is 66.1 Å². The lowest BCUT2D eigenvalue weighted by molar-refractivity contribution is 0.258. The number of benzene rings is 8. The highest BCUT2D eigenvalue weighted by Gasteiger charge is 2.36. The van der Waals surface area contributed by atoms with Crippen LogP contribution in [0, 0.1) is 0 Å². The molecule has 0 saturated carbocycles. The summed E-state index contributed by atoms with van der Waals surface area (Å²) in [5.41, 5.74) is 14.3. The van der Waals surface area contributed by atoms with Gasteiger partial charge in [0.25, 0.3) is 0 Å². The molecule has 274 valence electrons. The van der Waals surface area contributed by atoms with Crippen molar-refractivity contribution in [3.8, 4) is 22.6 Å². The maximum absolute atomic E-state index is 6.64. The number of anilines is 3. The molecule has 12 rings (SSSR count). The zero-order chi connectivity index (χ0) is 38.2. The minimum Gasteiger partial charge on any atom is -0.484 e. The molecule has 3 heterocycles. The van der Waals surface area contributed by atoms with Gasteiger partial charge in [-0.15, -0.1) is 0 Å². The van der Waals surface area contributed by atoms with E-state index < -0.39 is 0 Å². The van der Waals surface area contributed by atoms with E-state index in [1.807, 2.05) is 18.2 Å². The van der Waals surface area contributed by atoms with Gasteiger partial charge in [0.1, 0.15) is 17.4 Å². The summed E-state index contributed by atoms with van der Waals surface area (Å²) in [7, 11) is 0. The number of allylic oxidation sites excluding steroid dienone is 2. The highest BCUT2D eigenvalue weighted by Crippen LogP contribution is 2.47. The van der Waals surface area contributed by atoms with Crippen molar-refractivity contribution in [1.29, 1.82) is 0 Å². The Morgan fingerprint density at radius 3 is 2.07 bits per heavy atom. The van der Waals surface area contributed by atoms with Crippen molar-refractivity contribution in [3.05, 3.63) is 217 Å². The normalized spacial score (nSPS) is 15.8. The molecule has 4 nitrogen and oxygen atoms in total. The minimum absolute atomic E-state index is 0.0469. The first-order valence-electron chi connectivity index (χ1n) is 19.9. The maximum atomic E-state index is 6.64. The van der Waals surface area contributed by atoms with Gasteiger partial charge in [-0.2, -0.15) is 0 Å². The monoisotopic (exact) mass is 744 g/mol. The molecule has 2 aliphatic rings. The van der Waals surface area contributed by atoms with Crippen LogP contribution in [0.1, 0.15) is 17.0 Å². The van der Waals surface area contributed by atoms with Crippen molar-refractivity contribution in [2.75, 3.05) is 4.90 Å². The lowest BCUT2D eigenvalue weighted by Crippen LogP contribution is -2.23. The number of para-hydroxylation sites is 5. The van der Waals surface area contributed by atoms with E-state index in [1.165, 1.54) is 44.1 Å². The van der Waals surface area contributed by atoms with Crippen LogP contribution in [0.15, 0.2) is 211 Å². The molecule has 8 aromatic carbocycles. The summed E-state index contributed by atoms with van der Waals surface area (Å²) in [6, 6.07) is 67.1. The van der Waals surface area contributed by atoms with Gasteiger partial charge in [0.05, 0.1) is 16.7 Å². The SMILES string of the molecule is C1=CC(c2ccc(N(c3ccc(-c4ccc5c6ccccc6n(-c6ccccc6)c5c4)cc3)c3cccc4c3oc3ccccc34)cc2)C2Oc3ccccc3C2=C1. The number of fused-ring (bicyclic) bond motifs is 9. The second kappa shape index (κ2) is 13.0. The third-order valence-corrected chi connectivity index (χ3v) is 12.0. The third kappa shape index (κ3) is 5.08.